The molecule has 1 aromatic carbocycles. The van der Waals surface area contributed by atoms with E-state index in [0.717, 1.165) is 12.8 Å². The van der Waals surface area contributed by atoms with Crippen molar-refractivity contribution in [1.82, 2.24) is 15.0 Å². The van der Waals surface area contributed by atoms with E-state index in [1.165, 1.54) is 24.7 Å². The summed E-state index contributed by atoms with van der Waals surface area (Å²) < 4.78 is 10.5. The zero-order valence-electron chi connectivity index (χ0n) is 10.4. The minimum Gasteiger partial charge on any atom is -0.467 e. The summed E-state index contributed by atoms with van der Waals surface area (Å²) in [4.78, 5) is 11.7. The molecular weight excluding hydrogens is 266 g/mol. The van der Waals surface area contributed by atoms with Crippen molar-refractivity contribution in [2.75, 3.05) is 7.11 Å². The second-order valence-electron chi connectivity index (χ2n) is 4.26. The number of fused-ring (bicyclic) bond motifs is 1. The summed E-state index contributed by atoms with van der Waals surface area (Å²) in [6.07, 6.45) is 3.43. The quantitative estimate of drug-likeness (QED) is 0.863. The summed E-state index contributed by atoms with van der Waals surface area (Å²) in [5.74, 6) is 0.699. The Balaban J connectivity index is 1.86. The Kier molecular flexibility index (Phi) is 3.21. The van der Waals surface area contributed by atoms with Crippen LogP contribution >= 0.6 is 11.6 Å². The molecule has 1 heterocycles. The second kappa shape index (κ2) is 5.01. The molecule has 0 saturated heterocycles. The van der Waals surface area contributed by atoms with Crippen molar-refractivity contribution in [1.29, 1.82) is 0 Å². The maximum atomic E-state index is 5.77. The van der Waals surface area contributed by atoms with Crippen LogP contribution in [0, 0.1) is 0 Å². The number of halogens is 1. The van der Waals surface area contributed by atoms with Gasteiger partial charge in [0.1, 0.15) is 5.75 Å². The summed E-state index contributed by atoms with van der Waals surface area (Å²) in [5, 5.41) is 0.0445. The minimum absolute atomic E-state index is 0.0445. The lowest BCUT2D eigenvalue weighted by molar-refractivity contribution is 0.359. The summed E-state index contributed by atoms with van der Waals surface area (Å²) in [5.41, 5.74) is 2.71. The number of benzene rings is 1. The lowest BCUT2D eigenvalue weighted by atomic mass is 10.1. The second-order valence-corrected chi connectivity index (χ2v) is 4.60. The van der Waals surface area contributed by atoms with Gasteiger partial charge in [-0.2, -0.15) is 9.97 Å². The zero-order valence-corrected chi connectivity index (χ0v) is 11.1. The van der Waals surface area contributed by atoms with Crippen LogP contribution in [0.15, 0.2) is 18.2 Å². The summed E-state index contributed by atoms with van der Waals surface area (Å²) in [6.45, 7) is 0. The monoisotopic (exact) mass is 277 g/mol. The third kappa shape index (κ3) is 2.61. The molecule has 0 fully saturated rings. The molecule has 0 bridgehead atoms. The molecule has 5 nitrogen and oxygen atoms in total. The van der Waals surface area contributed by atoms with E-state index in [1.54, 1.807) is 0 Å². The number of hydrogen-bond donors (Lipinski definition) is 0. The predicted octanol–water partition coefficient (Wildman–Crippen LogP) is 2.81. The Morgan fingerprint density at radius 1 is 1.05 bits per heavy atom. The van der Waals surface area contributed by atoms with Gasteiger partial charge in [-0.1, -0.05) is 6.07 Å². The van der Waals surface area contributed by atoms with Crippen LogP contribution in [0.3, 0.4) is 0 Å². The first-order valence-corrected chi connectivity index (χ1v) is 6.37. The standard InChI is InChI=1S/C13H12ClN3O2/c1-18-12-15-11(14)16-13(17-12)19-10-6-5-8-3-2-4-9(8)7-10/h5-7H,2-4H2,1H3. The lowest BCUT2D eigenvalue weighted by Crippen LogP contribution is -1.99. The van der Waals surface area contributed by atoms with Crippen molar-refractivity contribution in [2.45, 2.75) is 19.3 Å². The van der Waals surface area contributed by atoms with Gasteiger partial charge in [0.25, 0.3) is 0 Å². The Labute approximate surface area is 115 Å². The molecule has 0 radical (unpaired) electrons. The molecule has 0 unspecified atom stereocenters. The van der Waals surface area contributed by atoms with Gasteiger partial charge in [0.15, 0.2) is 0 Å². The number of aryl methyl sites for hydroxylation is 2. The van der Waals surface area contributed by atoms with Crippen LogP contribution in [-0.2, 0) is 12.8 Å². The van der Waals surface area contributed by atoms with Crippen LogP contribution in [0.1, 0.15) is 17.5 Å². The molecule has 3 rings (SSSR count). The molecule has 0 saturated carbocycles. The van der Waals surface area contributed by atoms with Gasteiger partial charge in [0, 0.05) is 0 Å². The Morgan fingerprint density at radius 2 is 1.84 bits per heavy atom. The highest BCUT2D eigenvalue weighted by Crippen LogP contribution is 2.28. The van der Waals surface area contributed by atoms with Gasteiger partial charge in [-0.15, -0.1) is 4.98 Å². The molecule has 6 heteroatoms. The van der Waals surface area contributed by atoms with Crippen LogP contribution in [0.25, 0.3) is 0 Å². The van der Waals surface area contributed by atoms with Crippen molar-refractivity contribution in [3.63, 3.8) is 0 Å². The predicted molar refractivity (Wildman–Crippen MR) is 69.9 cm³/mol. The van der Waals surface area contributed by atoms with Gasteiger partial charge in [0.2, 0.25) is 5.28 Å². The number of methoxy groups -OCH3 is 1. The lowest BCUT2D eigenvalue weighted by Gasteiger charge is -2.07. The normalized spacial score (nSPS) is 13.2. The molecule has 0 aliphatic heterocycles. The zero-order chi connectivity index (χ0) is 13.2. The molecule has 19 heavy (non-hydrogen) atoms. The third-order valence-corrected chi connectivity index (χ3v) is 3.20. The van der Waals surface area contributed by atoms with Crippen LogP contribution in [0.4, 0.5) is 0 Å². The molecule has 2 aromatic rings. The SMILES string of the molecule is COc1nc(Cl)nc(Oc2ccc3c(c2)CCC3)n1. The van der Waals surface area contributed by atoms with E-state index in [4.69, 9.17) is 21.1 Å². The average Bonchev–Trinajstić information content (AvgIpc) is 2.85. The van der Waals surface area contributed by atoms with E-state index < -0.39 is 0 Å². The summed E-state index contributed by atoms with van der Waals surface area (Å²) >= 11 is 5.77. The first-order valence-electron chi connectivity index (χ1n) is 6.00. The molecule has 0 N–H and O–H groups in total. The third-order valence-electron chi connectivity index (χ3n) is 3.03. The smallest absolute Gasteiger partial charge is 0.329 e. The fourth-order valence-corrected chi connectivity index (χ4v) is 2.31. The van der Waals surface area contributed by atoms with Crippen molar-refractivity contribution in [3.05, 3.63) is 34.6 Å². The topological polar surface area (TPSA) is 57.1 Å². The van der Waals surface area contributed by atoms with Gasteiger partial charge in [-0.3, -0.25) is 0 Å². The van der Waals surface area contributed by atoms with E-state index in [1.807, 2.05) is 12.1 Å². The Hall–Kier alpha value is -1.88. The van der Waals surface area contributed by atoms with Crippen molar-refractivity contribution in [2.24, 2.45) is 0 Å². The number of nitrogens with zero attached hydrogens (tertiary/aromatic N) is 3. The fourth-order valence-electron chi connectivity index (χ4n) is 2.17. The number of aromatic nitrogens is 3. The van der Waals surface area contributed by atoms with Crippen LogP contribution < -0.4 is 9.47 Å². The molecule has 1 aliphatic carbocycles. The first-order chi connectivity index (χ1) is 9.24. The van der Waals surface area contributed by atoms with E-state index in [9.17, 15) is 0 Å². The number of rotatable bonds is 3. The van der Waals surface area contributed by atoms with Crippen molar-refractivity contribution < 1.29 is 9.47 Å². The highest BCUT2D eigenvalue weighted by atomic mass is 35.5. The molecule has 98 valence electrons. The van der Waals surface area contributed by atoms with Crippen molar-refractivity contribution >= 4 is 11.6 Å². The van der Waals surface area contributed by atoms with E-state index in [0.29, 0.717) is 5.75 Å². The van der Waals surface area contributed by atoms with E-state index in [2.05, 4.69) is 21.0 Å². The van der Waals surface area contributed by atoms with Gasteiger partial charge in [0.05, 0.1) is 7.11 Å². The average molecular weight is 278 g/mol. The van der Waals surface area contributed by atoms with Gasteiger partial charge in [-0.05, 0) is 54.1 Å². The highest BCUT2D eigenvalue weighted by molar-refractivity contribution is 6.28. The Bertz CT molecular complexity index is 619. The number of ether oxygens (including phenoxy) is 2. The molecule has 0 atom stereocenters. The van der Waals surface area contributed by atoms with Crippen LogP contribution in [-0.4, -0.2) is 22.1 Å². The summed E-state index contributed by atoms with van der Waals surface area (Å²) in [7, 11) is 1.46. The van der Waals surface area contributed by atoms with Crippen molar-refractivity contribution in [3.8, 4) is 17.8 Å². The van der Waals surface area contributed by atoms with Gasteiger partial charge in [-0.25, -0.2) is 0 Å². The first kappa shape index (κ1) is 12.2. The highest BCUT2D eigenvalue weighted by Gasteiger charge is 2.13. The molecule has 0 spiro atoms. The molecular formula is C13H12ClN3O2. The largest absolute Gasteiger partial charge is 0.467 e. The minimum atomic E-state index is 0.0445. The maximum absolute atomic E-state index is 5.77. The van der Waals surface area contributed by atoms with Gasteiger partial charge < -0.3 is 9.47 Å². The summed E-state index contributed by atoms with van der Waals surface area (Å²) in [6, 6.07) is 6.28. The molecule has 1 aromatic heterocycles. The number of hydrogen-bond acceptors (Lipinski definition) is 5. The molecule has 0 amide bonds. The van der Waals surface area contributed by atoms with Gasteiger partial charge >= 0.3 is 12.0 Å². The van der Waals surface area contributed by atoms with Crippen LogP contribution in [0.2, 0.25) is 5.28 Å². The Morgan fingerprint density at radius 3 is 2.68 bits per heavy atom. The van der Waals surface area contributed by atoms with E-state index >= 15 is 0 Å². The molecule has 1 aliphatic rings. The van der Waals surface area contributed by atoms with E-state index in [-0.39, 0.29) is 17.3 Å². The maximum Gasteiger partial charge on any atom is 0.329 e. The van der Waals surface area contributed by atoms with Crippen LogP contribution in [0.5, 0.6) is 17.8 Å². The fraction of sp³-hybridized carbons (Fsp3) is 0.308.